The highest BCUT2D eigenvalue weighted by atomic mass is 16.3. The largest absolute Gasteiger partial charge is 0.396 e. The number of likely N-dealkylation sites (tertiary alicyclic amines) is 1. The van der Waals surface area contributed by atoms with Crippen LogP contribution in [-0.4, -0.2) is 36.2 Å². The monoisotopic (exact) mass is 155 g/mol. The third-order valence-corrected chi connectivity index (χ3v) is 2.15. The van der Waals surface area contributed by atoms with E-state index in [1.807, 2.05) is 0 Å². The summed E-state index contributed by atoms with van der Waals surface area (Å²) in [7, 11) is 0. The van der Waals surface area contributed by atoms with Crippen molar-refractivity contribution in [3.05, 3.63) is 12.2 Å². The van der Waals surface area contributed by atoms with Crippen LogP contribution in [0.15, 0.2) is 12.2 Å². The molecule has 1 aliphatic rings. The van der Waals surface area contributed by atoms with Crippen LogP contribution in [0, 0.1) is 5.92 Å². The molecule has 0 bridgehead atoms. The fraction of sp³-hybridized carbons (Fsp3) is 0.778. The van der Waals surface area contributed by atoms with Crippen LogP contribution in [0.3, 0.4) is 0 Å². The van der Waals surface area contributed by atoms with Crippen molar-refractivity contribution >= 4 is 0 Å². The first-order valence-electron chi connectivity index (χ1n) is 4.20. The Bertz CT molecular complexity index is 138. The van der Waals surface area contributed by atoms with E-state index in [9.17, 15) is 0 Å². The molecule has 0 aromatic carbocycles. The molecule has 0 radical (unpaired) electrons. The van der Waals surface area contributed by atoms with Crippen molar-refractivity contribution in [2.75, 3.05) is 26.2 Å². The van der Waals surface area contributed by atoms with Gasteiger partial charge in [0.2, 0.25) is 0 Å². The number of rotatable bonds is 4. The zero-order chi connectivity index (χ0) is 8.27. The van der Waals surface area contributed by atoms with Crippen molar-refractivity contribution in [3.63, 3.8) is 0 Å². The van der Waals surface area contributed by atoms with E-state index in [2.05, 4.69) is 18.4 Å². The predicted octanol–water partition coefficient (Wildman–Crippen LogP) is 0.877. The van der Waals surface area contributed by atoms with Crippen LogP contribution in [0.1, 0.15) is 13.3 Å². The molecule has 1 saturated heterocycles. The summed E-state index contributed by atoms with van der Waals surface area (Å²) in [4.78, 5) is 2.36. The molecule has 0 aromatic heterocycles. The van der Waals surface area contributed by atoms with Crippen molar-refractivity contribution in [1.29, 1.82) is 0 Å². The highest BCUT2D eigenvalue weighted by Crippen LogP contribution is 2.15. The quantitative estimate of drug-likeness (QED) is 0.609. The van der Waals surface area contributed by atoms with Crippen molar-refractivity contribution < 1.29 is 5.11 Å². The third-order valence-electron chi connectivity index (χ3n) is 2.15. The number of aliphatic hydroxyl groups excluding tert-OH is 1. The summed E-state index contributed by atoms with van der Waals surface area (Å²) < 4.78 is 0. The fourth-order valence-electron chi connectivity index (χ4n) is 1.32. The normalized spacial score (nSPS) is 19.8. The maximum absolute atomic E-state index is 8.74. The summed E-state index contributed by atoms with van der Waals surface area (Å²) in [5, 5.41) is 8.74. The van der Waals surface area contributed by atoms with Gasteiger partial charge in [-0.3, -0.25) is 0 Å². The first-order chi connectivity index (χ1) is 5.22. The van der Waals surface area contributed by atoms with Gasteiger partial charge in [-0.05, 0) is 13.3 Å². The lowest BCUT2D eigenvalue weighted by Crippen LogP contribution is -2.48. The minimum absolute atomic E-state index is 0.351. The molecule has 1 rings (SSSR count). The van der Waals surface area contributed by atoms with Crippen molar-refractivity contribution in [2.45, 2.75) is 13.3 Å². The van der Waals surface area contributed by atoms with Crippen LogP contribution in [-0.2, 0) is 0 Å². The van der Waals surface area contributed by atoms with E-state index in [4.69, 9.17) is 5.11 Å². The Morgan fingerprint density at radius 2 is 2.27 bits per heavy atom. The number of aliphatic hydroxyl groups is 1. The second-order valence-electron chi connectivity index (χ2n) is 3.52. The summed E-state index contributed by atoms with van der Waals surface area (Å²) in [6.07, 6.45) is 1.10. The average Bonchev–Trinajstić information content (AvgIpc) is 1.84. The second-order valence-corrected chi connectivity index (χ2v) is 3.52. The summed E-state index contributed by atoms with van der Waals surface area (Å²) in [6, 6.07) is 0. The lowest BCUT2D eigenvalue weighted by Gasteiger charge is -2.38. The predicted molar refractivity (Wildman–Crippen MR) is 46.4 cm³/mol. The minimum Gasteiger partial charge on any atom is -0.396 e. The molecule has 1 heterocycles. The first-order valence-corrected chi connectivity index (χ1v) is 4.20. The van der Waals surface area contributed by atoms with Gasteiger partial charge in [-0.1, -0.05) is 5.57 Å². The number of hydrogen-bond acceptors (Lipinski definition) is 2. The van der Waals surface area contributed by atoms with Gasteiger partial charge in [-0.15, -0.1) is 6.58 Å². The first kappa shape index (κ1) is 8.75. The van der Waals surface area contributed by atoms with E-state index in [0.717, 1.165) is 26.1 Å². The second kappa shape index (κ2) is 3.88. The minimum atomic E-state index is 0.351. The highest BCUT2D eigenvalue weighted by Gasteiger charge is 2.24. The molecule has 0 aromatic rings. The SMILES string of the molecule is C=C(C)CCN1CC(CO)C1. The van der Waals surface area contributed by atoms with E-state index in [0.29, 0.717) is 12.5 Å². The van der Waals surface area contributed by atoms with Gasteiger partial charge >= 0.3 is 0 Å². The Labute approximate surface area is 68.5 Å². The van der Waals surface area contributed by atoms with E-state index >= 15 is 0 Å². The van der Waals surface area contributed by atoms with Crippen LogP contribution in [0.5, 0.6) is 0 Å². The maximum Gasteiger partial charge on any atom is 0.0483 e. The van der Waals surface area contributed by atoms with Crippen molar-refractivity contribution in [1.82, 2.24) is 4.90 Å². The average molecular weight is 155 g/mol. The van der Waals surface area contributed by atoms with Crippen LogP contribution >= 0.6 is 0 Å². The topological polar surface area (TPSA) is 23.5 Å². The molecule has 1 fully saturated rings. The molecule has 64 valence electrons. The lowest BCUT2D eigenvalue weighted by molar-refractivity contribution is 0.0551. The number of hydrogen-bond donors (Lipinski definition) is 1. The standard InChI is InChI=1S/C9H17NO/c1-8(2)3-4-10-5-9(6-10)7-11/h9,11H,1,3-7H2,2H3. The van der Waals surface area contributed by atoms with Crippen LogP contribution in [0.4, 0.5) is 0 Å². The Morgan fingerprint density at radius 3 is 2.73 bits per heavy atom. The van der Waals surface area contributed by atoms with Gasteiger partial charge in [-0.25, -0.2) is 0 Å². The van der Waals surface area contributed by atoms with Gasteiger partial charge in [0.1, 0.15) is 0 Å². The highest BCUT2D eigenvalue weighted by molar-refractivity contribution is 4.90. The van der Waals surface area contributed by atoms with E-state index in [1.54, 1.807) is 0 Å². The van der Waals surface area contributed by atoms with E-state index in [-0.39, 0.29) is 0 Å². The molecule has 0 saturated carbocycles. The van der Waals surface area contributed by atoms with Crippen molar-refractivity contribution in [3.8, 4) is 0 Å². The summed E-state index contributed by atoms with van der Waals surface area (Å²) in [5.41, 5.74) is 1.25. The molecular formula is C9H17NO. The Morgan fingerprint density at radius 1 is 1.64 bits per heavy atom. The molecule has 0 amide bonds. The molecule has 1 aliphatic heterocycles. The van der Waals surface area contributed by atoms with Gasteiger partial charge in [-0.2, -0.15) is 0 Å². The molecule has 0 unspecified atom stereocenters. The molecular weight excluding hydrogens is 138 g/mol. The molecule has 2 nitrogen and oxygen atoms in total. The van der Waals surface area contributed by atoms with E-state index in [1.165, 1.54) is 5.57 Å². The maximum atomic E-state index is 8.74. The Balaban J connectivity index is 2.00. The zero-order valence-corrected chi connectivity index (χ0v) is 7.21. The summed E-state index contributed by atoms with van der Waals surface area (Å²) >= 11 is 0. The third kappa shape index (κ3) is 2.64. The zero-order valence-electron chi connectivity index (χ0n) is 7.21. The Hall–Kier alpha value is -0.340. The summed E-state index contributed by atoms with van der Waals surface area (Å²) in [5.74, 6) is 0.542. The number of nitrogens with zero attached hydrogens (tertiary/aromatic N) is 1. The van der Waals surface area contributed by atoms with Crippen LogP contribution in [0.25, 0.3) is 0 Å². The van der Waals surface area contributed by atoms with Gasteiger partial charge in [0.15, 0.2) is 0 Å². The van der Waals surface area contributed by atoms with Gasteiger partial charge in [0, 0.05) is 32.2 Å². The Kier molecular flexibility index (Phi) is 3.09. The smallest absolute Gasteiger partial charge is 0.0483 e. The molecule has 0 spiro atoms. The molecule has 1 N–H and O–H groups in total. The van der Waals surface area contributed by atoms with Crippen molar-refractivity contribution in [2.24, 2.45) is 5.92 Å². The van der Waals surface area contributed by atoms with Gasteiger partial charge < -0.3 is 10.0 Å². The molecule has 11 heavy (non-hydrogen) atoms. The van der Waals surface area contributed by atoms with Gasteiger partial charge in [0.25, 0.3) is 0 Å². The fourth-order valence-corrected chi connectivity index (χ4v) is 1.32. The molecule has 2 heteroatoms. The lowest BCUT2D eigenvalue weighted by atomic mass is 10.0. The summed E-state index contributed by atoms with van der Waals surface area (Å²) in [6.45, 7) is 9.52. The van der Waals surface area contributed by atoms with Gasteiger partial charge in [0.05, 0.1) is 0 Å². The molecule has 0 atom stereocenters. The van der Waals surface area contributed by atoms with E-state index < -0.39 is 0 Å². The van der Waals surface area contributed by atoms with Crippen LogP contribution < -0.4 is 0 Å². The van der Waals surface area contributed by atoms with Crippen LogP contribution in [0.2, 0.25) is 0 Å². The molecule has 0 aliphatic carbocycles.